The van der Waals surface area contributed by atoms with E-state index in [9.17, 15) is 0 Å². The van der Waals surface area contributed by atoms with Crippen LogP contribution in [0.4, 0.5) is 0 Å². The van der Waals surface area contributed by atoms with Crippen molar-refractivity contribution in [1.82, 2.24) is 4.98 Å². The van der Waals surface area contributed by atoms with Crippen LogP contribution >= 0.6 is 27.3 Å². The number of hydrogen-bond donors (Lipinski definition) is 2. The van der Waals surface area contributed by atoms with Crippen LogP contribution in [-0.2, 0) is 0 Å². The molecule has 0 saturated heterocycles. The molecule has 0 unspecified atom stereocenters. The fourth-order valence-corrected chi connectivity index (χ4v) is 3.06. The standard InChI is InChI=1S/C13H11BrN2S/c14-9-1-2-12-10(5-9)11(6-16-12)13(15)8-3-4-17-7-8/h1-7,13,16H,15H2/t13-/m1/s1. The number of fused-ring (bicyclic) bond motifs is 1. The Balaban J connectivity index is 2.14. The molecule has 0 aliphatic heterocycles. The molecule has 0 radical (unpaired) electrons. The van der Waals surface area contributed by atoms with E-state index in [1.54, 1.807) is 11.3 Å². The summed E-state index contributed by atoms with van der Waals surface area (Å²) in [5.74, 6) is 0. The van der Waals surface area contributed by atoms with Crippen LogP contribution in [-0.4, -0.2) is 4.98 Å². The van der Waals surface area contributed by atoms with Crippen molar-refractivity contribution in [1.29, 1.82) is 0 Å². The van der Waals surface area contributed by atoms with Gasteiger partial charge in [-0.05, 0) is 46.2 Å². The Bertz CT molecular complexity index is 643. The monoisotopic (exact) mass is 306 g/mol. The van der Waals surface area contributed by atoms with E-state index in [0.29, 0.717) is 0 Å². The molecular formula is C13H11BrN2S. The van der Waals surface area contributed by atoms with Gasteiger partial charge in [-0.1, -0.05) is 15.9 Å². The van der Waals surface area contributed by atoms with E-state index >= 15 is 0 Å². The average Bonchev–Trinajstić information content (AvgIpc) is 2.97. The third-order valence-electron chi connectivity index (χ3n) is 2.91. The number of H-pyrrole nitrogens is 1. The average molecular weight is 307 g/mol. The molecule has 0 aliphatic carbocycles. The first-order valence-electron chi connectivity index (χ1n) is 5.30. The topological polar surface area (TPSA) is 41.8 Å². The molecule has 17 heavy (non-hydrogen) atoms. The molecule has 0 fully saturated rings. The van der Waals surface area contributed by atoms with Crippen LogP contribution in [0.5, 0.6) is 0 Å². The normalized spacial score (nSPS) is 13.1. The fraction of sp³-hybridized carbons (Fsp3) is 0.0769. The molecule has 1 atom stereocenters. The lowest BCUT2D eigenvalue weighted by Gasteiger charge is -2.08. The van der Waals surface area contributed by atoms with Gasteiger partial charge in [-0.25, -0.2) is 0 Å². The van der Waals surface area contributed by atoms with Crippen molar-refractivity contribution in [2.75, 3.05) is 0 Å². The zero-order valence-electron chi connectivity index (χ0n) is 8.98. The molecule has 2 nitrogen and oxygen atoms in total. The molecule has 0 bridgehead atoms. The molecule has 2 aromatic heterocycles. The summed E-state index contributed by atoms with van der Waals surface area (Å²) in [4.78, 5) is 3.26. The number of nitrogens with two attached hydrogens (primary N) is 1. The van der Waals surface area contributed by atoms with Gasteiger partial charge >= 0.3 is 0 Å². The van der Waals surface area contributed by atoms with Crippen LogP contribution < -0.4 is 5.73 Å². The second-order valence-corrected chi connectivity index (χ2v) is 5.66. The first-order chi connectivity index (χ1) is 8.25. The SMILES string of the molecule is N[C@H](c1ccsc1)c1c[nH]c2ccc(Br)cc12. The molecule has 3 aromatic rings. The third-order valence-corrected chi connectivity index (χ3v) is 4.11. The van der Waals surface area contributed by atoms with Crippen molar-refractivity contribution in [3.63, 3.8) is 0 Å². The molecular weight excluding hydrogens is 296 g/mol. The Kier molecular flexibility index (Phi) is 2.78. The van der Waals surface area contributed by atoms with Crippen molar-refractivity contribution < 1.29 is 0 Å². The first kappa shape index (κ1) is 11.0. The predicted octanol–water partition coefficient (Wildman–Crippen LogP) is 4.04. The highest BCUT2D eigenvalue weighted by Gasteiger charge is 2.14. The first-order valence-corrected chi connectivity index (χ1v) is 7.03. The van der Waals surface area contributed by atoms with Gasteiger partial charge in [-0.3, -0.25) is 0 Å². The van der Waals surface area contributed by atoms with Crippen LogP contribution in [0.1, 0.15) is 17.2 Å². The summed E-state index contributed by atoms with van der Waals surface area (Å²) >= 11 is 5.17. The highest BCUT2D eigenvalue weighted by atomic mass is 79.9. The summed E-state index contributed by atoms with van der Waals surface area (Å²) in [6.07, 6.45) is 2.00. The van der Waals surface area contributed by atoms with Gasteiger partial charge in [0.1, 0.15) is 0 Å². The number of aromatic amines is 1. The van der Waals surface area contributed by atoms with Gasteiger partial charge in [0.2, 0.25) is 0 Å². The van der Waals surface area contributed by atoms with E-state index in [4.69, 9.17) is 5.73 Å². The van der Waals surface area contributed by atoms with Crippen molar-refractivity contribution >= 4 is 38.2 Å². The van der Waals surface area contributed by atoms with Gasteiger partial charge in [0.25, 0.3) is 0 Å². The number of nitrogens with one attached hydrogen (secondary N) is 1. The largest absolute Gasteiger partial charge is 0.361 e. The summed E-state index contributed by atoms with van der Waals surface area (Å²) in [5.41, 5.74) is 9.71. The second kappa shape index (κ2) is 4.29. The summed E-state index contributed by atoms with van der Waals surface area (Å²) in [5, 5.41) is 5.33. The van der Waals surface area contributed by atoms with Gasteiger partial charge in [-0.15, -0.1) is 0 Å². The summed E-state index contributed by atoms with van der Waals surface area (Å²) in [7, 11) is 0. The number of rotatable bonds is 2. The lowest BCUT2D eigenvalue weighted by Crippen LogP contribution is -2.10. The molecule has 4 heteroatoms. The van der Waals surface area contributed by atoms with E-state index in [-0.39, 0.29) is 6.04 Å². The van der Waals surface area contributed by atoms with E-state index in [1.165, 1.54) is 5.39 Å². The molecule has 3 N–H and O–H groups in total. The maximum absolute atomic E-state index is 6.29. The second-order valence-electron chi connectivity index (χ2n) is 3.97. The van der Waals surface area contributed by atoms with E-state index in [2.05, 4.69) is 49.9 Å². The van der Waals surface area contributed by atoms with E-state index < -0.39 is 0 Å². The smallest absolute Gasteiger partial charge is 0.0581 e. The molecule has 3 rings (SSSR count). The maximum atomic E-state index is 6.29. The van der Waals surface area contributed by atoms with Crippen molar-refractivity contribution in [2.45, 2.75) is 6.04 Å². The third kappa shape index (κ3) is 1.92. The lowest BCUT2D eigenvalue weighted by molar-refractivity contribution is 0.885. The number of benzene rings is 1. The molecule has 1 aromatic carbocycles. The van der Waals surface area contributed by atoms with Crippen LogP contribution in [0, 0.1) is 0 Å². The number of thiophene rings is 1. The Morgan fingerprint density at radius 1 is 1.29 bits per heavy atom. The van der Waals surface area contributed by atoms with Crippen LogP contribution in [0.2, 0.25) is 0 Å². The minimum atomic E-state index is -0.0655. The van der Waals surface area contributed by atoms with Crippen LogP contribution in [0.3, 0.4) is 0 Å². The molecule has 0 spiro atoms. The van der Waals surface area contributed by atoms with E-state index in [0.717, 1.165) is 21.1 Å². The summed E-state index contributed by atoms with van der Waals surface area (Å²) in [6.45, 7) is 0. The minimum absolute atomic E-state index is 0.0655. The zero-order chi connectivity index (χ0) is 11.8. The Hall–Kier alpha value is -1.10. The van der Waals surface area contributed by atoms with Gasteiger partial charge < -0.3 is 10.7 Å². The number of hydrogen-bond acceptors (Lipinski definition) is 2. The van der Waals surface area contributed by atoms with Gasteiger partial charge in [0, 0.05) is 21.6 Å². The van der Waals surface area contributed by atoms with Crippen LogP contribution in [0.25, 0.3) is 10.9 Å². The summed E-state index contributed by atoms with van der Waals surface area (Å²) < 4.78 is 1.07. The Morgan fingerprint density at radius 2 is 2.18 bits per heavy atom. The molecule has 86 valence electrons. The zero-order valence-corrected chi connectivity index (χ0v) is 11.4. The van der Waals surface area contributed by atoms with Gasteiger partial charge in [0.05, 0.1) is 6.04 Å². The molecule has 2 heterocycles. The van der Waals surface area contributed by atoms with Crippen molar-refractivity contribution in [3.05, 3.63) is 56.8 Å². The highest BCUT2D eigenvalue weighted by molar-refractivity contribution is 9.10. The van der Waals surface area contributed by atoms with Crippen molar-refractivity contribution in [3.8, 4) is 0 Å². The highest BCUT2D eigenvalue weighted by Crippen LogP contribution is 2.30. The van der Waals surface area contributed by atoms with E-state index in [1.807, 2.05) is 12.3 Å². The minimum Gasteiger partial charge on any atom is -0.361 e. The Labute approximate surface area is 112 Å². The fourth-order valence-electron chi connectivity index (χ4n) is 2.00. The summed E-state index contributed by atoms with van der Waals surface area (Å²) in [6, 6.07) is 8.20. The Morgan fingerprint density at radius 3 is 2.94 bits per heavy atom. The van der Waals surface area contributed by atoms with Crippen LogP contribution in [0.15, 0.2) is 45.7 Å². The molecule has 0 aliphatic rings. The maximum Gasteiger partial charge on any atom is 0.0581 e. The quantitative estimate of drug-likeness (QED) is 0.737. The molecule has 0 amide bonds. The predicted molar refractivity (Wildman–Crippen MR) is 76.3 cm³/mol. The van der Waals surface area contributed by atoms with Gasteiger partial charge in [0.15, 0.2) is 0 Å². The number of aromatic nitrogens is 1. The molecule has 0 saturated carbocycles. The van der Waals surface area contributed by atoms with Crippen molar-refractivity contribution in [2.24, 2.45) is 5.73 Å². The van der Waals surface area contributed by atoms with Gasteiger partial charge in [-0.2, -0.15) is 11.3 Å². The number of halogens is 1. The lowest BCUT2D eigenvalue weighted by atomic mass is 10.0.